The van der Waals surface area contributed by atoms with Crippen LogP contribution in [0.4, 0.5) is 0 Å². The summed E-state index contributed by atoms with van der Waals surface area (Å²) in [6.45, 7) is 8.99. The van der Waals surface area contributed by atoms with Gasteiger partial charge in [0, 0.05) is 0 Å². The van der Waals surface area contributed by atoms with Gasteiger partial charge in [-0.25, -0.2) is 0 Å². The Hall–Kier alpha value is -10.4. The Labute approximate surface area is 491 Å². The van der Waals surface area contributed by atoms with E-state index < -0.39 is 0 Å². The number of hydrogen-bond donors (Lipinski definition) is 0. The summed E-state index contributed by atoms with van der Waals surface area (Å²) in [5.41, 5.74) is 20.6. The monoisotopic (exact) mass is 1070 g/mol. The fourth-order valence-corrected chi connectivity index (χ4v) is 13.9. The summed E-state index contributed by atoms with van der Waals surface area (Å²) in [6, 6.07) is 107. The first-order chi connectivity index (χ1) is 41.3. The summed E-state index contributed by atoms with van der Waals surface area (Å²) in [4.78, 5) is 0. The molecule has 0 fully saturated rings. The van der Waals surface area contributed by atoms with Gasteiger partial charge in [0.2, 0.25) is 0 Å². The normalized spacial score (nSPS) is 11.6. The van der Waals surface area contributed by atoms with Gasteiger partial charge in [-0.3, -0.25) is 0 Å². The molecule has 16 aromatic rings. The molecular weight excluding hydrogens is 1010 g/mol. The van der Waals surface area contributed by atoms with Crippen LogP contribution in [0.1, 0.15) is 22.3 Å². The Morgan fingerprint density at radius 3 is 0.940 bits per heavy atom. The quantitative estimate of drug-likeness (QED) is 0.156. The molecule has 0 heteroatoms. The van der Waals surface area contributed by atoms with Crippen molar-refractivity contribution >= 4 is 86.2 Å². The van der Waals surface area contributed by atoms with Crippen LogP contribution in [-0.2, 0) is 0 Å². The Morgan fingerprint density at radius 2 is 0.476 bits per heavy atom. The number of hydrogen-bond acceptors (Lipinski definition) is 0. The summed E-state index contributed by atoms with van der Waals surface area (Å²) in [7, 11) is 0. The minimum atomic E-state index is 1.26. The Bertz CT molecular complexity index is 5280. The van der Waals surface area contributed by atoms with Crippen molar-refractivity contribution in [3.05, 3.63) is 313 Å². The fraction of sp³-hybridized carbons (Fsp3) is 0.0476. The zero-order chi connectivity index (χ0) is 56.4. The number of benzene rings is 16. The second-order valence-electron chi connectivity index (χ2n) is 22.9. The molecule has 0 aliphatic carbocycles. The van der Waals surface area contributed by atoms with Crippen molar-refractivity contribution in [2.45, 2.75) is 27.7 Å². The summed E-state index contributed by atoms with van der Waals surface area (Å²) >= 11 is 0. The Balaban J connectivity index is 0.000000143. The van der Waals surface area contributed by atoms with E-state index in [1.165, 1.54) is 175 Å². The van der Waals surface area contributed by atoms with Crippen molar-refractivity contribution in [2.75, 3.05) is 0 Å². The third-order valence-electron chi connectivity index (χ3n) is 17.6. The van der Waals surface area contributed by atoms with Crippen molar-refractivity contribution in [3.63, 3.8) is 0 Å². The van der Waals surface area contributed by atoms with Crippen molar-refractivity contribution in [3.8, 4) is 66.8 Å². The van der Waals surface area contributed by atoms with E-state index in [0.29, 0.717) is 0 Å². The summed E-state index contributed by atoms with van der Waals surface area (Å²) in [5.74, 6) is 0. The first-order valence-electron chi connectivity index (χ1n) is 29.4. The van der Waals surface area contributed by atoms with E-state index in [-0.39, 0.29) is 0 Å². The van der Waals surface area contributed by atoms with Gasteiger partial charge in [0.25, 0.3) is 0 Å². The molecule has 0 unspecified atom stereocenters. The molecule has 0 radical (unpaired) electrons. The molecule has 0 aliphatic rings. The highest BCUT2D eigenvalue weighted by atomic mass is 14.2. The molecule has 0 N–H and O–H groups in total. The highest BCUT2D eigenvalue weighted by molar-refractivity contribution is 6.17. The molecule has 396 valence electrons. The lowest BCUT2D eigenvalue weighted by molar-refractivity contribution is 1.48. The average Bonchev–Trinajstić information content (AvgIpc) is 1.64. The van der Waals surface area contributed by atoms with E-state index in [2.05, 4.69) is 319 Å². The molecule has 0 saturated heterocycles. The lowest BCUT2D eigenvalue weighted by Gasteiger charge is -2.19. The van der Waals surface area contributed by atoms with Gasteiger partial charge < -0.3 is 0 Å². The van der Waals surface area contributed by atoms with Gasteiger partial charge in [0.05, 0.1) is 0 Å². The van der Waals surface area contributed by atoms with Gasteiger partial charge in [0.1, 0.15) is 0 Å². The molecule has 0 aliphatic heterocycles. The third-order valence-corrected chi connectivity index (χ3v) is 17.6. The van der Waals surface area contributed by atoms with E-state index in [1.54, 1.807) is 0 Å². The molecule has 16 rings (SSSR count). The van der Waals surface area contributed by atoms with E-state index in [4.69, 9.17) is 0 Å². The SMILES string of the molecule is Cc1cc(-c2cccc3ccccc23)c2cccc(-c3c(C)cc(-c4ccc5ccccc5c4)c4ccccc34)c2c1.Cc1cc(-c2cccc3ccccc23)c2cccc(-c3c(C)cc(-c4cccc5ccccc45)c4ccccc34)c2c1. The van der Waals surface area contributed by atoms with E-state index in [0.717, 1.165) is 0 Å². The predicted molar refractivity (Wildman–Crippen MR) is 364 cm³/mol. The van der Waals surface area contributed by atoms with Crippen LogP contribution in [0, 0.1) is 27.7 Å². The molecule has 0 amide bonds. The van der Waals surface area contributed by atoms with Crippen molar-refractivity contribution in [2.24, 2.45) is 0 Å². The Morgan fingerprint density at radius 1 is 0.167 bits per heavy atom. The minimum absolute atomic E-state index is 1.26. The Kier molecular flexibility index (Phi) is 12.5. The molecule has 0 saturated carbocycles. The molecule has 16 aromatic carbocycles. The zero-order valence-electron chi connectivity index (χ0n) is 47.7. The van der Waals surface area contributed by atoms with Crippen LogP contribution in [-0.4, -0.2) is 0 Å². The van der Waals surface area contributed by atoms with E-state index >= 15 is 0 Å². The predicted octanol–water partition coefficient (Wildman–Crippen LogP) is 23.8. The zero-order valence-corrected chi connectivity index (χ0v) is 47.7. The number of fused-ring (bicyclic) bond motifs is 8. The summed E-state index contributed by atoms with van der Waals surface area (Å²) in [5, 5.41) is 20.5. The third kappa shape index (κ3) is 8.69. The number of aryl methyl sites for hydroxylation is 4. The van der Waals surface area contributed by atoms with Crippen LogP contribution in [0.25, 0.3) is 153 Å². The maximum Gasteiger partial charge on any atom is -0.00694 e. The highest BCUT2D eigenvalue weighted by Gasteiger charge is 2.20. The molecule has 0 bridgehead atoms. The van der Waals surface area contributed by atoms with Gasteiger partial charge >= 0.3 is 0 Å². The molecule has 0 atom stereocenters. The van der Waals surface area contributed by atoms with Crippen LogP contribution in [0.5, 0.6) is 0 Å². The second-order valence-corrected chi connectivity index (χ2v) is 22.9. The standard InChI is InChI=1S/2C42H30/c1-27-24-39(33-20-9-14-29-12-3-5-16-31(29)33)36-22-11-23-38(40(36)25-27)42-28(2)26-41(35-18-7-8-19-37(35)42)34-21-10-15-30-13-4-6-17-32(30)34;1-27-23-40(34-18-9-14-30-12-5-6-15-33(30)34)36-19-10-20-38(41(36)24-27)42-28(2)25-39(35-16-7-8-17-37(35)42)32-22-21-29-11-3-4-13-31(29)26-32/h2*3-26H,1-2H3. The van der Waals surface area contributed by atoms with Crippen LogP contribution < -0.4 is 0 Å². The molecule has 84 heavy (non-hydrogen) atoms. The highest BCUT2D eigenvalue weighted by Crippen LogP contribution is 2.47. The fourth-order valence-electron chi connectivity index (χ4n) is 13.9. The molecule has 0 aromatic heterocycles. The van der Waals surface area contributed by atoms with Crippen molar-refractivity contribution in [1.29, 1.82) is 0 Å². The lowest BCUT2D eigenvalue weighted by atomic mass is 9.84. The maximum atomic E-state index is 2.40. The first kappa shape index (κ1) is 50.6. The minimum Gasteiger partial charge on any atom is -0.0616 e. The average molecular weight is 1070 g/mol. The molecular formula is C84H60. The second kappa shape index (κ2) is 20.9. The lowest BCUT2D eigenvalue weighted by Crippen LogP contribution is -1.93. The maximum absolute atomic E-state index is 2.40. The van der Waals surface area contributed by atoms with Crippen LogP contribution in [0.15, 0.2) is 291 Å². The molecule has 0 spiro atoms. The first-order valence-corrected chi connectivity index (χ1v) is 29.4. The van der Waals surface area contributed by atoms with Crippen molar-refractivity contribution < 1.29 is 0 Å². The van der Waals surface area contributed by atoms with Gasteiger partial charge in [-0.15, -0.1) is 0 Å². The van der Waals surface area contributed by atoms with Gasteiger partial charge in [0.15, 0.2) is 0 Å². The van der Waals surface area contributed by atoms with E-state index in [1.807, 2.05) is 0 Å². The van der Waals surface area contributed by atoms with Gasteiger partial charge in [-0.1, -0.05) is 285 Å². The smallest absolute Gasteiger partial charge is 0.00694 e. The van der Waals surface area contributed by atoms with Gasteiger partial charge in [-0.2, -0.15) is 0 Å². The van der Waals surface area contributed by atoms with Crippen LogP contribution in [0.2, 0.25) is 0 Å². The van der Waals surface area contributed by atoms with Crippen molar-refractivity contribution in [1.82, 2.24) is 0 Å². The molecule has 0 heterocycles. The van der Waals surface area contributed by atoms with Crippen LogP contribution in [0.3, 0.4) is 0 Å². The number of rotatable bonds is 6. The topological polar surface area (TPSA) is 0 Å². The summed E-state index contributed by atoms with van der Waals surface area (Å²) in [6.07, 6.45) is 0. The van der Waals surface area contributed by atoms with Crippen LogP contribution >= 0.6 is 0 Å². The van der Waals surface area contributed by atoms with Gasteiger partial charge in [-0.05, 0) is 209 Å². The summed E-state index contributed by atoms with van der Waals surface area (Å²) < 4.78 is 0. The van der Waals surface area contributed by atoms with E-state index in [9.17, 15) is 0 Å². The largest absolute Gasteiger partial charge is 0.0616 e. The molecule has 0 nitrogen and oxygen atoms in total.